The molecule has 2 aromatic heterocycles. The predicted molar refractivity (Wildman–Crippen MR) is 588 cm³/mol. The minimum atomic E-state index is -0.395. The molecule has 0 saturated heterocycles. The Morgan fingerprint density at radius 1 is 0.167 bits per heavy atom. The van der Waals surface area contributed by atoms with E-state index in [-0.39, 0.29) is 16.2 Å². The molecular formula is C132H96N4S2. The summed E-state index contributed by atoms with van der Waals surface area (Å²) in [6.45, 7) is 9.35. The molecule has 23 aromatic rings. The van der Waals surface area contributed by atoms with Crippen LogP contribution in [0.25, 0.3) is 129 Å². The lowest BCUT2D eigenvalue weighted by Gasteiger charge is -2.34. The average molecular weight is 1800 g/mol. The summed E-state index contributed by atoms with van der Waals surface area (Å²) in [5.41, 5.74) is 42.7. The van der Waals surface area contributed by atoms with Crippen LogP contribution in [0.5, 0.6) is 0 Å². The van der Waals surface area contributed by atoms with Gasteiger partial charge >= 0.3 is 0 Å². The third kappa shape index (κ3) is 14.0. The van der Waals surface area contributed by atoms with Gasteiger partial charge in [-0.1, -0.05) is 392 Å². The highest BCUT2D eigenvalue weighted by atomic mass is 32.1. The van der Waals surface area contributed by atoms with Crippen LogP contribution in [0.2, 0.25) is 0 Å². The van der Waals surface area contributed by atoms with Gasteiger partial charge in [0.1, 0.15) is 0 Å². The van der Waals surface area contributed by atoms with Gasteiger partial charge in [-0.2, -0.15) is 0 Å². The summed E-state index contributed by atoms with van der Waals surface area (Å²) in [5, 5.41) is 22.5. The average Bonchev–Trinajstić information content (AvgIpc) is 1.26. The van der Waals surface area contributed by atoms with E-state index in [1.54, 1.807) is 0 Å². The van der Waals surface area contributed by atoms with Crippen molar-refractivity contribution in [1.82, 2.24) is 0 Å². The third-order valence-corrected chi connectivity index (χ3v) is 31.8. The Bertz CT molecular complexity index is 8390. The number of hydrogen-bond acceptors (Lipinski definition) is 6. The van der Waals surface area contributed by atoms with Gasteiger partial charge in [0.15, 0.2) is 0 Å². The standard InChI is InChI=1S/C40H29N.C40H31N.C28H19NS.C24H17NS/c1-39(2)33-15-7-3-11-27(33)31-21-19-25(23-37(31)39)41-26-20-22-32-30-14-6-10-18-36(30)40(38(32)24-26)34-16-8-4-12-28(34)29-13-5-9-17-35(29)40;1-39(2)35-19-11-9-17-31(35)33-23-21-29(25-37(33)39)41-30-22-24-34-32-18-10-12-20-36(32)40(38(34)26-30,27-13-5-3-6-14-27)28-15-7-4-8-16-28;1-2-8-23-20(6-1)7-5-10-26(23)29-22-15-12-19(13-16-22)21-14-17-28-25(18-21)24-9-3-4-11-27(24)30-28;1-2-6-17(7-3-1)18-10-12-19(13-11-18)25-20-14-15-24-22(16-20)21-8-4-5-9-23(21)26-24/h3-24,41H,1-2H3;3-26,41H,1-2H3;1-18,29H;1-16,25H. The summed E-state index contributed by atoms with van der Waals surface area (Å²) in [7, 11) is 0. The zero-order valence-electron chi connectivity index (χ0n) is 77.0. The molecule has 2 heterocycles. The van der Waals surface area contributed by atoms with Crippen molar-refractivity contribution in [2.45, 2.75) is 49.4 Å². The molecule has 0 bridgehead atoms. The number of hydrogen-bond donors (Lipinski definition) is 4. The third-order valence-electron chi connectivity index (χ3n) is 29.5. The van der Waals surface area contributed by atoms with Crippen molar-refractivity contribution in [3.63, 3.8) is 0 Å². The lowest BCUT2D eigenvalue weighted by atomic mass is 9.67. The summed E-state index contributed by atoms with van der Waals surface area (Å²) >= 11 is 3.71. The Morgan fingerprint density at radius 2 is 0.457 bits per heavy atom. The van der Waals surface area contributed by atoms with Crippen molar-refractivity contribution in [2.24, 2.45) is 0 Å². The van der Waals surface area contributed by atoms with E-state index in [4.69, 9.17) is 0 Å². The fourth-order valence-electron chi connectivity index (χ4n) is 23.1. The van der Waals surface area contributed by atoms with Crippen molar-refractivity contribution in [2.75, 3.05) is 21.3 Å². The topological polar surface area (TPSA) is 48.1 Å². The van der Waals surface area contributed by atoms with E-state index in [2.05, 4.69) is 528 Å². The molecule has 0 unspecified atom stereocenters. The molecule has 0 saturated carbocycles. The van der Waals surface area contributed by atoms with Crippen molar-refractivity contribution >= 4 is 119 Å². The monoisotopic (exact) mass is 1800 g/mol. The fourth-order valence-corrected chi connectivity index (χ4v) is 25.3. The van der Waals surface area contributed by atoms with Crippen LogP contribution >= 0.6 is 22.7 Å². The lowest BCUT2D eigenvalue weighted by Crippen LogP contribution is -2.28. The van der Waals surface area contributed by atoms with Gasteiger partial charge in [0.2, 0.25) is 0 Å². The van der Waals surface area contributed by atoms with Crippen molar-refractivity contribution < 1.29 is 0 Å². The Kier molecular flexibility index (Phi) is 20.4. The maximum atomic E-state index is 3.81. The van der Waals surface area contributed by atoms with Crippen LogP contribution in [0, 0.1) is 0 Å². The minimum Gasteiger partial charge on any atom is -0.356 e. The fraction of sp³-hybridized carbons (Fsp3) is 0.0606. The first-order valence-corrected chi connectivity index (χ1v) is 49.4. The quantitative estimate of drug-likeness (QED) is 0.0985. The largest absolute Gasteiger partial charge is 0.356 e. The number of rotatable bonds is 12. The maximum Gasteiger partial charge on any atom is 0.0726 e. The molecule has 138 heavy (non-hydrogen) atoms. The van der Waals surface area contributed by atoms with E-state index in [9.17, 15) is 0 Å². The van der Waals surface area contributed by atoms with Gasteiger partial charge in [-0.3, -0.25) is 0 Å². The molecule has 0 aliphatic heterocycles. The molecule has 0 fully saturated rings. The van der Waals surface area contributed by atoms with Crippen molar-refractivity contribution in [3.05, 3.63) is 552 Å². The van der Waals surface area contributed by atoms with Crippen LogP contribution < -0.4 is 21.3 Å². The SMILES string of the molecule is CC1(C)c2ccccc2-c2ccc(Nc3ccc4c(c3)C(c3ccccc3)(c3ccccc3)c3ccccc3-4)cc21.CC1(C)c2ccccc2-c2ccc(Nc3ccc4c(c3)C3(c5ccccc5-c5ccccc53)c3ccccc3-4)cc21.c1ccc(-c2ccc(Nc3ccc4sc5ccccc5c4c3)cc2)cc1.c1ccc2c(Nc3ccc(-c4ccc5sc6ccccc6c5c4)cc3)cccc2c1. The highest BCUT2D eigenvalue weighted by Crippen LogP contribution is 2.64. The highest BCUT2D eigenvalue weighted by Gasteiger charge is 2.52. The molecule has 0 radical (unpaired) electrons. The second kappa shape index (κ2) is 33.9. The molecule has 0 atom stereocenters. The van der Waals surface area contributed by atoms with E-state index in [1.807, 2.05) is 28.7 Å². The van der Waals surface area contributed by atoms with E-state index in [1.165, 1.54) is 196 Å². The van der Waals surface area contributed by atoms with Crippen LogP contribution in [0.15, 0.2) is 485 Å². The van der Waals surface area contributed by atoms with E-state index in [0.29, 0.717) is 0 Å². The van der Waals surface area contributed by atoms with Gasteiger partial charge in [0.25, 0.3) is 0 Å². The second-order valence-corrected chi connectivity index (χ2v) is 40.1. The maximum absolute atomic E-state index is 3.81. The van der Waals surface area contributed by atoms with E-state index < -0.39 is 5.41 Å². The van der Waals surface area contributed by atoms with Crippen LogP contribution in [0.4, 0.5) is 45.5 Å². The molecule has 6 heteroatoms. The number of benzene rings is 21. The smallest absolute Gasteiger partial charge is 0.0726 e. The Morgan fingerprint density at radius 3 is 0.935 bits per heavy atom. The summed E-state index contributed by atoms with van der Waals surface area (Å²) in [6.07, 6.45) is 0. The highest BCUT2D eigenvalue weighted by molar-refractivity contribution is 7.26. The minimum absolute atomic E-state index is 0.0233. The zero-order valence-corrected chi connectivity index (χ0v) is 78.6. The van der Waals surface area contributed by atoms with Gasteiger partial charge in [0, 0.05) is 102 Å². The predicted octanol–water partition coefficient (Wildman–Crippen LogP) is 36.3. The first-order valence-electron chi connectivity index (χ1n) is 47.8. The Labute approximate surface area is 813 Å². The van der Waals surface area contributed by atoms with E-state index in [0.717, 1.165) is 45.5 Å². The zero-order chi connectivity index (χ0) is 92.2. The molecule has 0 amide bonds. The Balaban J connectivity index is 0.0000000992. The van der Waals surface area contributed by atoms with Crippen LogP contribution in [0.1, 0.15) is 94.5 Å². The summed E-state index contributed by atoms with van der Waals surface area (Å²) in [6, 6.07) is 176. The van der Waals surface area contributed by atoms with Gasteiger partial charge < -0.3 is 21.3 Å². The van der Waals surface area contributed by atoms with Gasteiger partial charge in [-0.15, -0.1) is 22.7 Å². The summed E-state index contributed by atoms with van der Waals surface area (Å²) in [4.78, 5) is 0. The summed E-state index contributed by atoms with van der Waals surface area (Å²) in [5.74, 6) is 0. The number of anilines is 8. The molecule has 4 nitrogen and oxygen atoms in total. The van der Waals surface area contributed by atoms with Gasteiger partial charge in [-0.25, -0.2) is 0 Å². The molecule has 5 aliphatic rings. The van der Waals surface area contributed by atoms with Crippen LogP contribution in [0.3, 0.4) is 0 Å². The van der Waals surface area contributed by atoms with Crippen LogP contribution in [-0.4, -0.2) is 0 Å². The number of fused-ring (bicyclic) bond motifs is 26. The molecule has 21 aromatic carbocycles. The molecule has 4 N–H and O–H groups in total. The molecule has 28 rings (SSSR count). The summed E-state index contributed by atoms with van der Waals surface area (Å²) < 4.78 is 5.36. The molecular weight excluding hydrogens is 1710 g/mol. The van der Waals surface area contributed by atoms with Crippen molar-refractivity contribution in [1.29, 1.82) is 0 Å². The lowest BCUT2D eigenvalue weighted by molar-refractivity contribution is 0.660. The Hall–Kier alpha value is -16.5. The normalized spacial score (nSPS) is 13.6. The number of nitrogens with one attached hydrogen (secondary N) is 4. The van der Waals surface area contributed by atoms with E-state index >= 15 is 0 Å². The van der Waals surface area contributed by atoms with Crippen LogP contribution in [-0.2, 0) is 21.7 Å². The number of thiophene rings is 2. The second-order valence-electron chi connectivity index (χ2n) is 38.0. The van der Waals surface area contributed by atoms with Gasteiger partial charge in [-0.05, 0) is 271 Å². The molecule has 1 spiro atoms. The van der Waals surface area contributed by atoms with Gasteiger partial charge in [0.05, 0.1) is 10.8 Å². The first kappa shape index (κ1) is 83.4. The van der Waals surface area contributed by atoms with Crippen molar-refractivity contribution in [3.8, 4) is 77.9 Å². The first-order chi connectivity index (χ1) is 67.9. The molecule has 656 valence electrons. The molecule has 5 aliphatic carbocycles.